The van der Waals surface area contributed by atoms with E-state index in [-0.39, 0.29) is 23.0 Å². The zero-order chi connectivity index (χ0) is 21.8. The van der Waals surface area contributed by atoms with Crippen LogP contribution in [0.25, 0.3) is 0 Å². The first-order valence-corrected chi connectivity index (χ1v) is 10.1. The molecule has 0 aliphatic carbocycles. The van der Waals surface area contributed by atoms with Crippen molar-refractivity contribution in [2.24, 2.45) is 0 Å². The summed E-state index contributed by atoms with van der Waals surface area (Å²) in [6.07, 6.45) is 1.75. The third-order valence-corrected chi connectivity index (χ3v) is 5.33. The molecule has 0 aromatic heterocycles. The van der Waals surface area contributed by atoms with E-state index >= 15 is 0 Å². The second-order valence-electron chi connectivity index (χ2n) is 7.79. The average Bonchev–Trinajstić information content (AvgIpc) is 2.76. The summed E-state index contributed by atoms with van der Waals surface area (Å²) in [7, 11) is 0. The molecular weight excluding hydrogens is 388 g/mol. The Morgan fingerprint density at radius 2 is 0.710 bits per heavy atom. The summed E-state index contributed by atoms with van der Waals surface area (Å²) in [5, 5.41) is 39.7. The van der Waals surface area contributed by atoms with Crippen LogP contribution in [-0.2, 0) is 19.3 Å². The van der Waals surface area contributed by atoms with E-state index in [0.29, 0.717) is 19.3 Å². The Bertz CT molecular complexity index is 1090. The molecular formula is C27H24O4. The maximum Gasteiger partial charge on any atom is 0.122 e. The molecule has 0 amide bonds. The number of aromatic hydroxyl groups is 4. The number of hydrogen-bond donors (Lipinski definition) is 4. The van der Waals surface area contributed by atoms with Crippen molar-refractivity contribution in [1.29, 1.82) is 0 Å². The molecule has 0 spiro atoms. The van der Waals surface area contributed by atoms with Crippen molar-refractivity contribution in [3.8, 4) is 23.0 Å². The molecule has 4 heteroatoms. The summed E-state index contributed by atoms with van der Waals surface area (Å²) in [5.41, 5.74) is 5.74. The van der Waals surface area contributed by atoms with Gasteiger partial charge in [0.1, 0.15) is 23.0 Å². The molecule has 0 unspecified atom stereocenters. The summed E-state index contributed by atoms with van der Waals surface area (Å²) in [6, 6.07) is 25.1. The zero-order valence-electron chi connectivity index (χ0n) is 17.0. The number of rotatable bonds is 6. The molecule has 156 valence electrons. The van der Waals surface area contributed by atoms with E-state index in [1.165, 1.54) is 0 Å². The molecule has 0 fully saturated rings. The Balaban J connectivity index is 1.69. The number of phenols is 4. The van der Waals surface area contributed by atoms with Crippen molar-refractivity contribution in [2.75, 3.05) is 0 Å². The van der Waals surface area contributed by atoms with Gasteiger partial charge in [-0.2, -0.15) is 0 Å². The van der Waals surface area contributed by atoms with E-state index in [1.807, 2.05) is 48.5 Å². The molecule has 0 bridgehead atoms. The van der Waals surface area contributed by atoms with Gasteiger partial charge in [0.05, 0.1) is 0 Å². The van der Waals surface area contributed by atoms with Crippen molar-refractivity contribution in [3.05, 3.63) is 118 Å². The Morgan fingerprint density at radius 3 is 1.06 bits per heavy atom. The quantitative estimate of drug-likeness (QED) is 0.347. The van der Waals surface area contributed by atoms with Gasteiger partial charge in [0.2, 0.25) is 0 Å². The topological polar surface area (TPSA) is 80.9 Å². The van der Waals surface area contributed by atoms with Gasteiger partial charge in [-0.1, -0.05) is 48.5 Å². The van der Waals surface area contributed by atoms with E-state index in [0.717, 1.165) is 33.4 Å². The molecule has 4 N–H and O–H groups in total. The Morgan fingerprint density at radius 1 is 0.387 bits per heavy atom. The van der Waals surface area contributed by atoms with Crippen LogP contribution in [0, 0.1) is 0 Å². The summed E-state index contributed by atoms with van der Waals surface area (Å²) in [5.74, 6) is 0.912. The third-order valence-electron chi connectivity index (χ3n) is 5.33. The smallest absolute Gasteiger partial charge is 0.122 e. The van der Waals surface area contributed by atoms with E-state index in [4.69, 9.17) is 0 Å². The molecule has 4 aromatic carbocycles. The standard InChI is InChI=1S/C27H24O4/c28-24-7-1-18(2-8-24)13-21-16-22(14-19-3-9-25(29)10-4-19)27(31)23(17-21)15-20-5-11-26(30)12-6-20/h1-12,16-17,28-31H,13-15H2. The van der Waals surface area contributed by atoms with Crippen LogP contribution in [0.3, 0.4) is 0 Å². The lowest BCUT2D eigenvalue weighted by Gasteiger charge is -2.14. The average molecular weight is 412 g/mol. The van der Waals surface area contributed by atoms with Crippen LogP contribution in [0.4, 0.5) is 0 Å². The summed E-state index contributed by atoms with van der Waals surface area (Å²) < 4.78 is 0. The largest absolute Gasteiger partial charge is 0.508 e. The number of benzene rings is 4. The van der Waals surface area contributed by atoms with Gasteiger partial charge >= 0.3 is 0 Å². The fraction of sp³-hybridized carbons (Fsp3) is 0.111. The summed E-state index contributed by atoms with van der Waals surface area (Å²) >= 11 is 0. The van der Waals surface area contributed by atoms with Crippen molar-refractivity contribution >= 4 is 0 Å². The van der Waals surface area contributed by atoms with Crippen LogP contribution in [0.5, 0.6) is 23.0 Å². The van der Waals surface area contributed by atoms with Crippen molar-refractivity contribution in [2.45, 2.75) is 19.3 Å². The molecule has 31 heavy (non-hydrogen) atoms. The Labute approximate surface area is 181 Å². The highest BCUT2D eigenvalue weighted by Crippen LogP contribution is 2.31. The van der Waals surface area contributed by atoms with E-state index < -0.39 is 0 Å². The van der Waals surface area contributed by atoms with E-state index in [2.05, 4.69) is 0 Å². The highest BCUT2D eigenvalue weighted by atomic mass is 16.3. The monoisotopic (exact) mass is 412 g/mol. The molecule has 0 atom stereocenters. The first-order chi connectivity index (χ1) is 15.0. The normalized spacial score (nSPS) is 10.8. The van der Waals surface area contributed by atoms with Gasteiger partial charge in [0.15, 0.2) is 0 Å². The van der Waals surface area contributed by atoms with Gasteiger partial charge in [-0.05, 0) is 76.2 Å². The number of hydrogen-bond acceptors (Lipinski definition) is 4. The second-order valence-corrected chi connectivity index (χ2v) is 7.79. The summed E-state index contributed by atoms with van der Waals surface area (Å²) in [4.78, 5) is 0. The fourth-order valence-electron chi connectivity index (χ4n) is 3.72. The highest BCUT2D eigenvalue weighted by Gasteiger charge is 2.13. The Hall–Kier alpha value is -3.92. The van der Waals surface area contributed by atoms with Crippen molar-refractivity contribution < 1.29 is 20.4 Å². The van der Waals surface area contributed by atoms with Gasteiger partial charge in [-0.15, -0.1) is 0 Å². The maximum atomic E-state index is 11.0. The minimum Gasteiger partial charge on any atom is -0.508 e. The molecule has 4 nitrogen and oxygen atoms in total. The minimum absolute atomic E-state index is 0.210. The fourth-order valence-corrected chi connectivity index (χ4v) is 3.72. The van der Waals surface area contributed by atoms with Crippen LogP contribution in [0.1, 0.15) is 33.4 Å². The molecule has 0 radical (unpaired) electrons. The first kappa shape index (κ1) is 20.4. The molecule has 4 rings (SSSR count). The van der Waals surface area contributed by atoms with Crippen LogP contribution in [-0.4, -0.2) is 20.4 Å². The molecule has 0 saturated heterocycles. The maximum absolute atomic E-state index is 11.0. The molecule has 0 heterocycles. The van der Waals surface area contributed by atoms with Gasteiger partial charge in [-0.3, -0.25) is 0 Å². The van der Waals surface area contributed by atoms with Gasteiger partial charge in [-0.25, -0.2) is 0 Å². The predicted molar refractivity (Wildman–Crippen MR) is 121 cm³/mol. The van der Waals surface area contributed by atoms with Crippen LogP contribution in [0.2, 0.25) is 0 Å². The van der Waals surface area contributed by atoms with Gasteiger partial charge in [0, 0.05) is 12.8 Å². The Kier molecular flexibility index (Phi) is 5.80. The van der Waals surface area contributed by atoms with Crippen LogP contribution in [0.15, 0.2) is 84.9 Å². The van der Waals surface area contributed by atoms with E-state index in [1.54, 1.807) is 36.4 Å². The first-order valence-electron chi connectivity index (χ1n) is 10.1. The molecule has 0 saturated carbocycles. The second kappa shape index (κ2) is 8.84. The zero-order valence-corrected chi connectivity index (χ0v) is 17.0. The molecule has 4 aromatic rings. The van der Waals surface area contributed by atoms with Crippen molar-refractivity contribution in [1.82, 2.24) is 0 Å². The molecule has 0 aliphatic rings. The molecule has 0 aliphatic heterocycles. The van der Waals surface area contributed by atoms with Crippen LogP contribution >= 0.6 is 0 Å². The number of phenolic OH excluding ortho intramolecular Hbond substituents is 4. The predicted octanol–water partition coefficient (Wildman–Crippen LogP) is 5.28. The van der Waals surface area contributed by atoms with E-state index in [9.17, 15) is 20.4 Å². The highest BCUT2D eigenvalue weighted by molar-refractivity contribution is 5.49. The lowest BCUT2D eigenvalue weighted by Crippen LogP contribution is -1.99. The third kappa shape index (κ3) is 5.17. The minimum atomic E-state index is 0.210. The summed E-state index contributed by atoms with van der Waals surface area (Å²) in [6.45, 7) is 0. The lowest BCUT2D eigenvalue weighted by atomic mass is 9.92. The van der Waals surface area contributed by atoms with Gasteiger partial charge < -0.3 is 20.4 Å². The van der Waals surface area contributed by atoms with Crippen molar-refractivity contribution in [3.63, 3.8) is 0 Å². The SMILES string of the molecule is Oc1ccc(Cc2cc(Cc3ccc(O)cc3)c(O)c(Cc3ccc(O)cc3)c2)cc1. The lowest BCUT2D eigenvalue weighted by molar-refractivity contribution is 0.463. The van der Waals surface area contributed by atoms with Gasteiger partial charge in [0.25, 0.3) is 0 Å². The van der Waals surface area contributed by atoms with Crippen LogP contribution < -0.4 is 0 Å².